The fourth-order valence-corrected chi connectivity index (χ4v) is 2.58. The minimum absolute atomic E-state index is 0. The molecule has 0 aliphatic carbocycles. The molecule has 1 amide bonds. The van der Waals surface area contributed by atoms with Crippen molar-refractivity contribution < 1.29 is 4.79 Å². The molecule has 6 heteroatoms. The standard InChI is InChI=1S/C13H19ClN2OS.ClH/c1-10(13(17)16(3)9-8-15-2)18-12-6-4-11(14)5-7-12;/h4-7,10,15H,8-9H2,1-3H3;1H. The third-order valence-corrected chi connectivity index (χ3v) is 3.90. The maximum Gasteiger partial charge on any atom is 0.235 e. The summed E-state index contributed by atoms with van der Waals surface area (Å²) in [6.07, 6.45) is 0. The highest BCUT2D eigenvalue weighted by Crippen LogP contribution is 2.25. The minimum Gasteiger partial charge on any atom is -0.344 e. The smallest absolute Gasteiger partial charge is 0.235 e. The van der Waals surface area contributed by atoms with E-state index in [-0.39, 0.29) is 23.6 Å². The maximum absolute atomic E-state index is 12.1. The Balaban J connectivity index is 0.00000324. The Kier molecular flexibility index (Phi) is 9.27. The predicted molar refractivity (Wildman–Crippen MR) is 85.6 cm³/mol. The van der Waals surface area contributed by atoms with Crippen molar-refractivity contribution in [1.29, 1.82) is 0 Å². The number of nitrogens with one attached hydrogen (secondary N) is 1. The average Bonchev–Trinajstić information content (AvgIpc) is 2.37. The van der Waals surface area contributed by atoms with Gasteiger partial charge in [-0.05, 0) is 38.2 Å². The van der Waals surface area contributed by atoms with Crippen LogP contribution in [0.4, 0.5) is 0 Å². The van der Waals surface area contributed by atoms with E-state index in [1.54, 1.807) is 16.7 Å². The number of hydrogen-bond donors (Lipinski definition) is 1. The monoisotopic (exact) mass is 322 g/mol. The lowest BCUT2D eigenvalue weighted by Gasteiger charge is -2.21. The molecule has 1 unspecified atom stereocenters. The van der Waals surface area contributed by atoms with Crippen LogP contribution in [-0.4, -0.2) is 43.2 Å². The Hall–Kier alpha value is -0.420. The molecule has 0 saturated heterocycles. The van der Waals surface area contributed by atoms with Crippen molar-refractivity contribution in [3.63, 3.8) is 0 Å². The molecule has 0 heterocycles. The molecule has 0 spiro atoms. The van der Waals surface area contributed by atoms with Gasteiger partial charge < -0.3 is 10.2 Å². The molecule has 0 fully saturated rings. The number of thioether (sulfide) groups is 1. The van der Waals surface area contributed by atoms with Crippen LogP contribution >= 0.6 is 35.8 Å². The number of carbonyl (C=O) groups excluding carboxylic acids is 1. The van der Waals surface area contributed by atoms with E-state index < -0.39 is 0 Å². The van der Waals surface area contributed by atoms with Crippen molar-refractivity contribution in [1.82, 2.24) is 10.2 Å². The molecule has 1 rings (SSSR count). The molecule has 1 aromatic carbocycles. The Morgan fingerprint density at radius 3 is 2.53 bits per heavy atom. The van der Waals surface area contributed by atoms with Crippen LogP contribution in [0.2, 0.25) is 5.02 Å². The Morgan fingerprint density at radius 2 is 2.00 bits per heavy atom. The van der Waals surface area contributed by atoms with Gasteiger partial charge in [0, 0.05) is 30.1 Å². The molecular formula is C13H20Cl2N2OS. The second-order valence-electron chi connectivity index (χ2n) is 4.08. The predicted octanol–water partition coefficient (Wildman–Crippen LogP) is 2.92. The van der Waals surface area contributed by atoms with E-state index in [9.17, 15) is 4.79 Å². The normalized spacial score (nSPS) is 11.6. The highest BCUT2D eigenvalue weighted by atomic mass is 35.5. The van der Waals surface area contributed by atoms with Gasteiger partial charge in [0.2, 0.25) is 5.91 Å². The fraction of sp³-hybridized carbons (Fsp3) is 0.462. The van der Waals surface area contributed by atoms with E-state index in [1.165, 1.54) is 0 Å². The number of carbonyl (C=O) groups is 1. The summed E-state index contributed by atoms with van der Waals surface area (Å²) in [5, 5.41) is 3.66. The quantitative estimate of drug-likeness (QED) is 0.817. The summed E-state index contributed by atoms with van der Waals surface area (Å²) in [6, 6.07) is 7.55. The first-order valence-corrected chi connectivity index (χ1v) is 7.12. The zero-order valence-corrected chi connectivity index (χ0v) is 13.7. The summed E-state index contributed by atoms with van der Waals surface area (Å²) in [7, 11) is 3.71. The Labute approximate surface area is 130 Å². The maximum atomic E-state index is 12.1. The molecule has 0 aliphatic heterocycles. The van der Waals surface area contributed by atoms with Crippen LogP contribution in [-0.2, 0) is 4.79 Å². The van der Waals surface area contributed by atoms with Crippen LogP contribution in [0, 0.1) is 0 Å². The van der Waals surface area contributed by atoms with Gasteiger partial charge in [-0.2, -0.15) is 0 Å². The molecule has 0 saturated carbocycles. The number of nitrogens with zero attached hydrogens (tertiary/aromatic N) is 1. The van der Waals surface area contributed by atoms with Crippen molar-refractivity contribution in [2.24, 2.45) is 0 Å². The van der Waals surface area contributed by atoms with Gasteiger partial charge >= 0.3 is 0 Å². The van der Waals surface area contributed by atoms with Crippen molar-refractivity contribution >= 4 is 41.7 Å². The third-order valence-electron chi connectivity index (χ3n) is 2.55. The van der Waals surface area contributed by atoms with E-state index in [0.29, 0.717) is 5.02 Å². The number of rotatable bonds is 6. The number of amides is 1. The Bertz CT molecular complexity index is 387. The molecule has 1 aromatic rings. The highest BCUT2D eigenvalue weighted by Gasteiger charge is 2.18. The second-order valence-corrected chi connectivity index (χ2v) is 5.93. The zero-order valence-electron chi connectivity index (χ0n) is 11.4. The van der Waals surface area contributed by atoms with Crippen LogP contribution in [0.15, 0.2) is 29.2 Å². The molecule has 1 atom stereocenters. The molecule has 0 bridgehead atoms. The Morgan fingerprint density at radius 1 is 1.42 bits per heavy atom. The molecule has 1 N–H and O–H groups in total. The number of hydrogen-bond acceptors (Lipinski definition) is 3. The van der Waals surface area contributed by atoms with Gasteiger partial charge in [-0.3, -0.25) is 4.79 Å². The molecular weight excluding hydrogens is 303 g/mol. The molecule has 0 aliphatic rings. The van der Waals surface area contributed by atoms with E-state index in [2.05, 4.69) is 5.32 Å². The topological polar surface area (TPSA) is 32.3 Å². The summed E-state index contributed by atoms with van der Waals surface area (Å²) in [5.41, 5.74) is 0. The van der Waals surface area contributed by atoms with Crippen molar-refractivity contribution in [3.05, 3.63) is 29.3 Å². The lowest BCUT2D eigenvalue weighted by molar-refractivity contribution is -0.128. The first-order valence-electron chi connectivity index (χ1n) is 5.86. The van der Waals surface area contributed by atoms with Crippen LogP contribution in [0.25, 0.3) is 0 Å². The van der Waals surface area contributed by atoms with Crippen LogP contribution in [0.1, 0.15) is 6.92 Å². The van der Waals surface area contributed by atoms with Crippen molar-refractivity contribution in [2.45, 2.75) is 17.1 Å². The molecule has 19 heavy (non-hydrogen) atoms. The van der Waals surface area contributed by atoms with E-state index in [0.717, 1.165) is 18.0 Å². The number of benzene rings is 1. The molecule has 0 aromatic heterocycles. The van der Waals surface area contributed by atoms with Gasteiger partial charge in [0.05, 0.1) is 5.25 Å². The summed E-state index contributed by atoms with van der Waals surface area (Å²) < 4.78 is 0. The fourth-order valence-electron chi connectivity index (χ4n) is 1.47. The van der Waals surface area contributed by atoms with Gasteiger partial charge in [-0.25, -0.2) is 0 Å². The molecule has 108 valence electrons. The van der Waals surface area contributed by atoms with Crippen molar-refractivity contribution in [3.8, 4) is 0 Å². The van der Waals surface area contributed by atoms with E-state index in [1.807, 2.05) is 45.3 Å². The zero-order chi connectivity index (χ0) is 13.5. The summed E-state index contributed by atoms with van der Waals surface area (Å²) in [5.74, 6) is 0.144. The van der Waals surface area contributed by atoms with Gasteiger partial charge in [-0.15, -0.1) is 24.2 Å². The van der Waals surface area contributed by atoms with Gasteiger partial charge in [-0.1, -0.05) is 11.6 Å². The summed E-state index contributed by atoms with van der Waals surface area (Å²) >= 11 is 7.38. The minimum atomic E-state index is -0.0898. The number of likely N-dealkylation sites (N-methyl/N-ethyl adjacent to an activating group) is 2. The lowest BCUT2D eigenvalue weighted by atomic mass is 10.4. The average molecular weight is 323 g/mol. The van der Waals surface area contributed by atoms with Gasteiger partial charge in [0.15, 0.2) is 0 Å². The molecule has 0 radical (unpaired) electrons. The van der Waals surface area contributed by atoms with Gasteiger partial charge in [0.1, 0.15) is 0 Å². The van der Waals surface area contributed by atoms with E-state index >= 15 is 0 Å². The third kappa shape index (κ3) is 6.52. The largest absolute Gasteiger partial charge is 0.344 e. The summed E-state index contributed by atoms with van der Waals surface area (Å²) in [4.78, 5) is 14.9. The SMILES string of the molecule is CNCCN(C)C(=O)C(C)Sc1ccc(Cl)cc1.Cl. The summed E-state index contributed by atoms with van der Waals surface area (Å²) in [6.45, 7) is 3.46. The van der Waals surface area contributed by atoms with Gasteiger partial charge in [0.25, 0.3) is 0 Å². The van der Waals surface area contributed by atoms with E-state index in [4.69, 9.17) is 11.6 Å². The number of halogens is 2. The van der Waals surface area contributed by atoms with Crippen LogP contribution < -0.4 is 5.32 Å². The van der Waals surface area contributed by atoms with Crippen molar-refractivity contribution in [2.75, 3.05) is 27.2 Å². The first kappa shape index (κ1) is 18.6. The lowest BCUT2D eigenvalue weighted by Crippen LogP contribution is -2.37. The molecule has 3 nitrogen and oxygen atoms in total. The van der Waals surface area contributed by atoms with Crippen LogP contribution in [0.3, 0.4) is 0 Å². The first-order chi connectivity index (χ1) is 8.54. The second kappa shape index (κ2) is 9.48. The highest BCUT2D eigenvalue weighted by molar-refractivity contribution is 8.00. The van der Waals surface area contributed by atoms with Crippen LogP contribution in [0.5, 0.6) is 0 Å².